The number of hydrogen-bond donors (Lipinski definition) is 4. The van der Waals surface area contributed by atoms with Crippen LogP contribution in [0.3, 0.4) is 0 Å². The molecule has 1 aromatic rings. The van der Waals surface area contributed by atoms with Gasteiger partial charge in [0.2, 0.25) is 17.7 Å². The number of carbonyl (C=O) groups excluding carboxylic acids is 5. The molecular weight excluding hydrogens is 660 g/mol. The zero-order valence-electron chi connectivity index (χ0n) is 32.1. The predicted octanol–water partition coefficient (Wildman–Crippen LogP) is 6.23. The number of esters is 1. The number of hydrogen-bond acceptors (Lipinski definition) is 7. The maximum atomic E-state index is 14.9. The van der Waals surface area contributed by atoms with E-state index in [1.54, 1.807) is 0 Å². The van der Waals surface area contributed by atoms with Gasteiger partial charge < -0.3 is 30.7 Å². The molecule has 4 aliphatic carbocycles. The highest BCUT2D eigenvalue weighted by Crippen LogP contribution is 2.40. The molecule has 0 heterocycles. The van der Waals surface area contributed by atoms with E-state index in [1.807, 2.05) is 30.3 Å². The molecular formula is C41H62N4O7. The molecule has 0 saturated heterocycles. The van der Waals surface area contributed by atoms with Crippen molar-refractivity contribution in [2.75, 3.05) is 7.11 Å². The molecule has 4 fully saturated rings. The van der Waals surface area contributed by atoms with Gasteiger partial charge in [-0.1, -0.05) is 109 Å². The zero-order valence-corrected chi connectivity index (χ0v) is 32.1. The normalized spacial score (nSPS) is 34.9. The minimum Gasteiger partial charge on any atom is -0.467 e. The molecule has 4 N–H and O–H groups in total. The Hall–Kier alpha value is -3.63. The number of methoxy groups -OCH3 is 1. The van der Waals surface area contributed by atoms with Crippen LogP contribution in [0.25, 0.3) is 0 Å². The highest BCUT2D eigenvalue weighted by Gasteiger charge is 2.54. The van der Waals surface area contributed by atoms with Crippen LogP contribution in [0.2, 0.25) is 0 Å². The molecule has 52 heavy (non-hydrogen) atoms. The van der Waals surface area contributed by atoms with Gasteiger partial charge in [0.15, 0.2) is 0 Å². The van der Waals surface area contributed by atoms with Gasteiger partial charge in [0.1, 0.15) is 28.8 Å². The summed E-state index contributed by atoms with van der Waals surface area (Å²) in [4.78, 5) is 70.8. The van der Waals surface area contributed by atoms with Gasteiger partial charge in [-0.3, -0.25) is 14.4 Å². The lowest BCUT2D eigenvalue weighted by atomic mass is 9.71. The average molecular weight is 723 g/mol. The summed E-state index contributed by atoms with van der Waals surface area (Å²) in [6, 6.07) is 9.38. The van der Waals surface area contributed by atoms with Crippen LogP contribution >= 0.6 is 0 Å². The Kier molecular flexibility index (Phi) is 12.6. The number of benzene rings is 1. The van der Waals surface area contributed by atoms with Crippen molar-refractivity contribution in [1.82, 2.24) is 21.3 Å². The van der Waals surface area contributed by atoms with Crippen LogP contribution in [-0.4, -0.2) is 59.0 Å². The number of alkyl carbamates (subject to hydrolysis) is 1. The molecule has 4 aliphatic rings. The van der Waals surface area contributed by atoms with Gasteiger partial charge in [0.05, 0.1) is 7.11 Å². The van der Waals surface area contributed by atoms with Gasteiger partial charge in [0.25, 0.3) is 0 Å². The second kappa shape index (κ2) is 16.6. The lowest BCUT2D eigenvalue weighted by molar-refractivity contribution is -0.155. The van der Waals surface area contributed by atoms with E-state index in [4.69, 9.17) is 9.47 Å². The van der Waals surface area contributed by atoms with Crippen molar-refractivity contribution < 1.29 is 33.4 Å². The minimum absolute atomic E-state index is 0.0720. The lowest BCUT2D eigenvalue weighted by Crippen LogP contribution is -2.72. The van der Waals surface area contributed by atoms with E-state index in [-0.39, 0.29) is 42.1 Å². The summed E-state index contributed by atoms with van der Waals surface area (Å²) in [7, 11) is 1.35. The molecule has 4 saturated carbocycles. The quantitative estimate of drug-likeness (QED) is 0.209. The van der Waals surface area contributed by atoms with Gasteiger partial charge in [0, 0.05) is 0 Å². The van der Waals surface area contributed by atoms with Gasteiger partial charge in [-0.05, 0) is 80.6 Å². The van der Waals surface area contributed by atoms with E-state index in [9.17, 15) is 24.0 Å². The Morgan fingerprint density at radius 2 is 0.942 bits per heavy atom. The maximum absolute atomic E-state index is 14.9. The molecule has 4 unspecified atom stereocenters. The maximum Gasteiger partial charge on any atom is 0.408 e. The van der Waals surface area contributed by atoms with Gasteiger partial charge in [-0.2, -0.15) is 0 Å². The number of ether oxygens (including phenoxy) is 2. The summed E-state index contributed by atoms with van der Waals surface area (Å²) in [6.07, 6.45) is 9.53. The summed E-state index contributed by atoms with van der Waals surface area (Å²) in [6.45, 7) is 8.40. The number of rotatable bonds is 10. The molecule has 5 rings (SSSR count). The second-order valence-corrected chi connectivity index (χ2v) is 17.2. The topological polar surface area (TPSA) is 152 Å². The molecule has 288 valence electrons. The predicted molar refractivity (Wildman–Crippen MR) is 198 cm³/mol. The lowest BCUT2D eigenvalue weighted by Gasteiger charge is -2.48. The van der Waals surface area contributed by atoms with Crippen LogP contribution in [0.1, 0.15) is 136 Å². The van der Waals surface area contributed by atoms with Crippen LogP contribution in [-0.2, 0) is 35.3 Å². The van der Waals surface area contributed by atoms with E-state index >= 15 is 0 Å². The molecule has 0 radical (unpaired) electrons. The van der Waals surface area contributed by atoms with E-state index in [1.165, 1.54) is 7.11 Å². The molecule has 11 heteroatoms. The molecule has 0 bridgehead atoms. The molecule has 4 amide bonds. The number of carbonyl (C=O) groups is 5. The first-order valence-corrected chi connectivity index (χ1v) is 19.8. The van der Waals surface area contributed by atoms with Crippen molar-refractivity contribution >= 4 is 29.8 Å². The van der Waals surface area contributed by atoms with Crippen LogP contribution in [0.5, 0.6) is 0 Å². The third-order valence-corrected chi connectivity index (χ3v) is 12.5. The molecule has 8 atom stereocenters. The van der Waals surface area contributed by atoms with Gasteiger partial charge >= 0.3 is 12.1 Å². The van der Waals surface area contributed by atoms with E-state index in [2.05, 4.69) is 49.0 Å². The third kappa shape index (κ3) is 8.93. The second-order valence-electron chi connectivity index (χ2n) is 17.2. The van der Waals surface area contributed by atoms with Crippen molar-refractivity contribution in [3.8, 4) is 0 Å². The number of nitrogens with one attached hydrogen (secondary N) is 4. The summed E-state index contributed by atoms with van der Waals surface area (Å²) < 4.78 is 10.8. The Labute approximate surface area is 309 Å². The Morgan fingerprint density at radius 3 is 1.35 bits per heavy atom. The first-order chi connectivity index (χ1) is 24.7. The first kappa shape index (κ1) is 39.6. The Balaban J connectivity index is 1.41. The van der Waals surface area contributed by atoms with Crippen LogP contribution < -0.4 is 21.3 Å². The molecule has 0 spiro atoms. The summed E-state index contributed by atoms with van der Waals surface area (Å²) >= 11 is 0. The van der Waals surface area contributed by atoms with Crippen molar-refractivity contribution in [3.05, 3.63) is 35.9 Å². The average Bonchev–Trinajstić information content (AvgIpc) is 3.10. The standard InChI is InChI=1S/C41H62N4O7/c1-28-13-9-19-38(23-28,43-35(48)40(21-11-15-30(3)25-40)45-37(50)52-27-32-17-7-6-8-18-32)33(46)42-39(20-10-14-29(2)24-39)34(47)44-41(36(49)51-5)22-12-16-31(4)26-41/h6-8,17-18,28-31H,9-16,19-27H2,1-5H3,(H,42,46)(H,43,48)(H,44,47)(H,45,50)/t28-,29-,30-,31-,38?,39?,40?,41?/m1/s1. The van der Waals surface area contributed by atoms with Gasteiger partial charge in [-0.15, -0.1) is 0 Å². The molecule has 11 nitrogen and oxygen atoms in total. The van der Waals surface area contributed by atoms with Crippen molar-refractivity contribution in [2.45, 2.75) is 159 Å². The van der Waals surface area contributed by atoms with Crippen molar-refractivity contribution in [1.29, 1.82) is 0 Å². The van der Waals surface area contributed by atoms with Crippen LogP contribution in [0, 0.1) is 23.7 Å². The van der Waals surface area contributed by atoms with Crippen molar-refractivity contribution in [3.63, 3.8) is 0 Å². The molecule has 0 aliphatic heterocycles. The Bertz CT molecular complexity index is 1460. The fourth-order valence-electron chi connectivity index (χ4n) is 9.85. The van der Waals surface area contributed by atoms with Crippen LogP contribution in [0.15, 0.2) is 30.3 Å². The summed E-state index contributed by atoms with van der Waals surface area (Å²) in [5.74, 6) is -0.890. The fraction of sp³-hybridized carbons (Fsp3) is 0.732. The highest BCUT2D eigenvalue weighted by atomic mass is 16.5. The number of amides is 4. The molecule has 1 aromatic carbocycles. The van der Waals surface area contributed by atoms with Gasteiger partial charge in [-0.25, -0.2) is 9.59 Å². The highest BCUT2D eigenvalue weighted by molar-refractivity contribution is 6.00. The third-order valence-electron chi connectivity index (χ3n) is 12.5. The van der Waals surface area contributed by atoms with Crippen LogP contribution in [0.4, 0.5) is 4.79 Å². The largest absolute Gasteiger partial charge is 0.467 e. The van der Waals surface area contributed by atoms with E-state index < -0.39 is 40.1 Å². The summed E-state index contributed by atoms with van der Waals surface area (Å²) in [5, 5.41) is 12.6. The zero-order chi connectivity index (χ0) is 37.6. The monoisotopic (exact) mass is 722 g/mol. The molecule has 0 aromatic heterocycles. The van der Waals surface area contributed by atoms with E-state index in [0.717, 1.165) is 56.9 Å². The minimum atomic E-state index is -1.29. The van der Waals surface area contributed by atoms with E-state index in [0.29, 0.717) is 51.4 Å². The Morgan fingerprint density at radius 1 is 0.577 bits per heavy atom. The first-order valence-electron chi connectivity index (χ1n) is 19.8. The smallest absolute Gasteiger partial charge is 0.408 e. The fourth-order valence-corrected chi connectivity index (χ4v) is 9.85. The van der Waals surface area contributed by atoms with Crippen molar-refractivity contribution in [2.24, 2.45) is 23.7 Å². The SMILES string of the molecule is COC(=O)C1(NC(=O)C2(NC(=O)C3(NC(=O)C4(NC(=O)OCc5ccccc5)CCC[C@@H](C)C4)CCC[C@@H](C)C3)CCC[C@@H](C)C2)CCC[C@@H](C)C1. The summed E-state index contributed by atoms with van der Waals surface area (Å²) in [5.41, 5.74) is -4.11.